The second-order valence-electron chi connectivity index (χ2n) is 5.85. The number of urea groups is 1. The molecule has 0 unspecified atom stereocenters. The van der Waals surface area contributed by atoms with Crippen molar-refractivity contribution < 1.29 is 4.79 Å². The van der Waals surface area contributed by atoms with Gasteiger partial charge in [0.25, 0.3) is 0 Å². The highest BCUT2D eigenvalue weighted by atomic mass is 16.2. The van der Waals surface area contributed by atoms with Crippen molar-refractivity contribution in [2.24, 2.45) is 5.92 Å². The highest BCUT2D eigenvalue weighted by Gasteiger charge is 2.30. The number of hydrogen-bond acceptors (Lipinski definition) is 3. The number of carbonyl (C=O) groups is 1. The lowest BCUT2D eigenvalue weighted by Crippen LogP contribution is -2.52. The van der Waals surface area contributed by atoms with E-state index in [9.17, 15) is 4.79 Å². The number of likely N-dealkylation sites (tertiary alicyclic amines) is 1. The average molecular weight is 290 g/mol. The minimum Gasteiger partial charge on any atom is -0.334 e. The molecule has 2 atom stereocenters. The maximum atomic E-state index is 12.3. The summed E-state index contributed by atoms with van der Waals surface area (Å²) in [6.45, 7) is 8.22. The van der Waals surface area contributed by atoms with Gasteiger partial charge in [-0.2, -0.15) is 0 Å². The number of aromatic nitrogens is 1. The lowest BCUT2D eigenvalue weighted by molar-refractivity contribution is 0.0962. The molecular formula is C16H26N4O. The van der Waals surface area contributed by atoms with Crippen LogP contribution in [0.2, 0.25) is 0 Å². The van der Waals surface area contributed by atoms with Crippen molar-refractivity contribution in [2.75, 3.05) is 26.7 Å². The molecule has 1 N–H and O–H groups in total. The topological polar surface area (TPSA) is 48.5 Å². The zero-order valence-electron chi connectivity index (χ0n) is 13.2. The van der Waals surface area contributed by atoms with Crippen LogP contribution in [0.4, 0.5) is 4.79 Å². The fourth-order valence-electron chi connectivity index (χ4n) is 3.04. The summed E-state index contributed by atoms with van der Waals surface area (Å²) >= 11 is 0. The van der Waals surface area contributed by atoms with E-state index in [0.717, 1.165) is 31.6 Å². The smallest absolute Gasteiger partial charge is 0.317 e. The lowest BCUT2D eigenvalue weighted by atomic mass is 9.93. The Kier molecular flexibility index (Phi) is 5.56. The van der Waals surface area contributed by atoms with Crippen molar-refractivity contribution >= 4 is 6.03 Å². The van der Waals surface area contributed by atoms with Gasteiger partial charge in [-0.05, 0) is 36.6 Å². The minimum atomic E-state index is 0.00797. The first-order valence-electron chi connectivity index (χ1n) is 7.73. The maximum Gasteiger partial charge on any atom is 0.317 e. The van der Waals surface area contributed by atoms with Gasteiger partial charge in [-0.15, -0.1) is 0 Å². The Morgan fingerprint density at radius 1 is 1.48 bits per heavy atom. The zero-order chi connectivity index (χ0) is 15.2. The summed E-state index contributed by atoms with van der Waals surface area (Å²) in [4.78, 5) is 20.6. The molecule has 1 fully saturated rings. The van der Waals surface area contributed by atoms with Gasteiger partial charge in [0.15, 0.2) is 0 Å². The highest BCUT2D eigenvalue weighted by molar-refractivity contribution is 5.74. The quantitative estimate of drug-likeness (QED) is 0.922. The summed E-state index contributed by atoms with van der Waals surface area (Å²) in [5, 5.41) is 2.99. The molecule has 0 aliphatic carbocycles. The number of rotatable bonds is 4. The van der Waals surface area contributed by atoms with E-state index in [4.69, 9.17) is 0 Å². The van der Waals surface area contributed by atoms with Crippen LogP contribution >= 0.6 is 0 Å². The monoisotopic (exact) mass is 290 g/mol. The number of carbonyl (C=O) groups excluding carboxylic acids is 1. The third-order valence-corrected chi connectivity index (χ3v) is 4.40. The molecular weight excluding hydrogens is 264 g/mol. The molecule has 0 bridgehead atoms. The fourth-order valence-corrected chi connectivity index (χ4v) is 3.04. The highest BCUT2D eigenvalue weighted by Crippen LogP contribution is 2.21. The van der Waals surface area contributed by atoms with Crippen LogP contribution < -0.4 is 5.32 Å². The van der Waals surface area contributed by atoms with Crippen molar-refractivity contribution in [1.82, 2.24) is 20.1 Å². The third kappa shape index (κ3) is 4.17. The lowest BCUT2D eigenvalue weighted by Gasteiger charge is -2.40. The Hall–Kier alpha value is -1.62. The summed E-state index contributed by atoms with van der Waals surface area (Å²) in [5.74, 6) is 0.510. The number of hydrogen-bond donors (Lipinski definition) is 1. The van der Waals surface area contributed by atoms with Crippen molar-refractivity contribution in [1.29, 1.82) is 0 Å². The van der Waals surface area contributed by atoms with Gasteiger partial charge in [-0.25, -0.2) is 4.79 Å². The average Bonchev–Trinajstić information content (AvgIpc) is 2.52. The third-order valence-electron chi connectivity index (χ3n) is 4.40. The number of amides is 2. The second-order valence-corrected chi connectivity index (χ2v) is 5.85. The maximum absolute atomic E-state index is 12.3. The number of piperidine rings is 1. The first-order valence-corrected chi connectivity index (χ1v) is 7.73. The molecule has 116 valence electrons. The molecule has 2 heterocycles. The van der Waals surface area contributed by atoms with Gasteiger partial charge in [0.2, 0.25) is 0 Å². The van der Waals surface area contributed by atoms with Gasteiger partial charge in [0.05, 0.1) is 0 Å². The van der Waals surface area contributed by atoms with E-state index in [1.807, 2.05) is 24.1 Å². The first-order chi connectivity index (χ1) is 10.1. The molecule has 0 saturated carbocycles. The fraction of sp³-hybridized carbons (Fsp3) is 0.625. The number of nitrogens with one attached hydrogen (secondary N) is 1. The van der Waals surface area contributed by atoms with Crippen LogP contribution in [0.3, 0.4) is 0 Å². The van der Waals surface area contributed by atoms with Gasteiger partial charge in [0.1, 0.15) is 0 Å². The van der Waals surface area contributed by atoms with E-state index in [1.54, 1.807) is 12.4 Å². The SMILES string of the molecule is CCN1CC[C@@H](N(C)C(=O)NCc2ccncc2)[C@@H](C)C1. The van der Waals surface area contributed by atoms with E-state index < -0.39 is 0 Å². The summed E-state index contributed by atoms with van der Waals surface area (Å²) in [7, 11) is 1.91. The molecule has 0 spiro atoms. The predicted molar refractivity (Wildman–Crippen MR) is 83.9 cm³/mol. The minimum absolute atomic E-state index is 0.00797. The number of pyridine rings is 1. The van der Waals surface area contributed by atoms with E-state index in [1.165, 1.54) is 0 Å². The van der Waals surface area contributed by atoms with E-state index in [0.29, 0.717) is 18.5 Å². The van der Waals surface area contributed by atoms with Gasteiger partial charge in [-0.3, -0.25) is 4.98 Å². The molecule has 2 amide bonds. The van der Waals surface area contributed by atoms with Crippen LogP contribution in [0.25, 0.3) is 0 Å². The molecule has 5 nitrogen and oxygen atoms in total. The predicted octanol–water partition coefficient (Wildman–Crippen LogP) is 1.95. The van der Waals surface area contributed by atoms with Crippen LogP contribution in [0.15, 0.2) is 24.5 Å². The van der Waals surface area contributed by atoms with E-state index in [2.05, 4.69) is 29.0 Å². The van der Waals surface area contributed by atoms with Crippen LogP contribution in [0.5, 0.6) is 0 Å². The Morgan fingerprint density at radius 3 is 2.81 bits per heavy atom. The molecule has 1 aromatic rings. The van der Waals surface area contributed by atoms with Crippen molar-refractivity contribution in [3.8, 4) is 0 Å². The van der Waals surface area contributed by atoms with Crippen LogP contribution in [-0.4, -0.2) is 53.5 Å². The molecule has 1 saturated heterocycles. The van der Waals surface area contributed by atoms with Gasteiger partial charge >= 0.3 is 6.03 Å². The van der Waals surface area contributed by atoms with Gasteiger partial charge in [-0.1, -0.05) is 13.8 Å². The Bertz CT molecular complexity index is 451. The molecule has 1 aliphatic heterocycles. The first kappa shape index (κ1) is 15.8. The van der Waals surface area contributed by atoms with Crippen LogP contribution in [-0.2, 0) is 6.54 Å². The zero-order valence-corrected chi connectivity index (χ0v) is 13.2. The summed E-state index contributed by atoms with van der Waals surface area (Å²) in [5.41, 5.74) is 1.07. The molecule has 0 aromatic carbocycles. The summed E-state index contributed by atoms with van der Waals surface area (Å²) < 4.78 is 0. The largest absolute Gasteiger partial charge is 0.334 e. The molecule has 2 rings (SSSR count). The Labute approximate surface area is 127 Å². The standard InChI is InChI=1S/C16H26N4O/c1-4-20-10-7-15(13(2)12-20)19(3)16(21)18-11-14-5-8-17-9-6-14/h5-6,8-9,13,15H,4,7,10-12H2,1-3H3,(H,18,21)/t13-,15+/m0/s1. The number of nitrogens with zero attached hydrogens (tertiary/aromatic N) is 3. The summed E-state index contributed by atoms with van der Waals surface area (Å²) in [6.07, 6.45) is 4.54. The van der Waals surface area contributed by atoms with E-state index in [-0.39, 0.29) is 6.03 Å². The molecule has 1 aromatic heterocycles. The normalized spacial score (nSPS) is 22.8. The second kappa shape index (κ2) is 7.41. The van der Waals surface area contributed by atoms with Crippen LogP contribution in [0.1, 0.15) is 25.8 Å². The molecule has 0 radical (unpaired) electrons. The molecule has 5 heteroatoms. The Balaban J connectivity index is 1.84. The summed E-state index contributed by atoms with van der Waals surface area (Å²) in [6, 6.07) is 4.17. The van der Waals surface area contributed by atoms with Gasteiger partial charge < -0.3 is 15.1 Å². The van der Waals surface area contributed by atoms with Crippen LogP contribution in [0, 0.1) is 5.92 Å². The van der Waals surface area contributed by atoms with Crippen molar-refractivity contribution in [3.05, 3.63) is 30.1 Å². The van der Waals surface area contributed by atoms with Gasteiger partial charge in [0, 0.05) is 45.1 Å². The molecule has 1 aliphatic rings. The van der Waals surface area contributed by atoms with E-state index >= 15 is 0 Å². The van der Waals surface area contributed by atoms with Crippen molar-refractivity contribution in [2.45, 2.75) is 32.9 Å². The molecule has 21 heavy (non-hydrogen) atoms. The Morgan fingerprint density at radius 2 is 2.19 bits per heavy atom. The van der Waals surface area contributed by atoms with Crippen molar-refractivity contribution in [3.63, 3.8) is 0 Å².